The van der Waals surface area contributed by atoms with Crippen LogP contribution in [0.15, 0.2) is 24.3 Å². The van der Waals surface area contributed by atoms with Gasteiger partial charge in [0.1, 0.15) is 5.75 Å². The van der Waals surface area contributed by atoms with E-state index in [9.17, 15) is 9.59 Å². The molecule has 1 saturated heterocycles. The highest BCUT2D eigenvalue weighted by molar-refractivity contribution is 5.96. The molecule has 5 heteroatoms. The van der Waals surface area contributed by atoms with Gasteiger partial charge in [-0.15, -0.1) is 0 Å². The lowest BCUT2D eigenvalue weighted by Gasteiger charge is -2.26. The Hall–Kier alpha value is -2.04. The predicted molar refractivity (Wildman–Crippen MR) is 66.4 cm³/mol. The van der Waals surface area contributed by atoms with Crippen LogP contribution in [0.25, 0.3) is 0 Å². The van der Waals surface area contributed by atoms with E-state index >= 15 is 0 Å². The summed E-state index contributed by atoms with van der Waals surface area (Å²) in [5.41, 5.74) is 1.06. The summed E-state index contributed by atoms with van der Waals surface area (Å²) in [7, 11) is 1.63. The molecule has 2 rings (SSSR count). The van der Waals surface area contributed by atoms with E-state index in [-0.39, 0.29) is 11.9 Å². The summed E-state index contributed by atoms with van der Waals surface area (Å²) >= 11 is 0. The van der Waals surface area contributed by atoms with E-state index in [0.717, 1.165) is 11.3 Å². The quantitative estimate of drug-likeness (QED) is 0.870. The van der Waals surface area contributed by atoms with Crippen molar-refractivity contribution in [2.75, 3.05) is 20.2 Å². The van der Waals surface area contributed by atoms with Crippen molar-refractivity contribution in [3.8, 4) is 5.75 Å². The van der Waals surface area contributed by atoms with Crippen molar-refractivity contribution < 1.29 is 14.3 Å². The molecule has 0 spiro atoms. The van der Waals surface area contributed by atoms with Crippen molar-refractivity contribution >= 4 is 11.9 Å². The summed E-state index contributed by atoms with van der Waals surface area (Å²) in [5.74, 6) is 0.625. The van der Waals surface area contributed by atoms with Crippen LogP contribution >= 0.6 is 0 Å². The second-order valence-electron chi connectivity index (χ2n) is 4.15. The van der Waals surface area contributed by atoms with Crippen LogP contribution in [0.4, 0.5) is 4.79 Å². The number of carbonyl (C=O) groups excluding carboxylic acids is 2. The Morgan fingerprint density at radius 1 is 1.33 bits per heavy atom. The topological polar surface area (TPSA) is 58.6 Å². The number of rotatable bonds is 4. The molecule has 96 valence electrons. The van der Waals surface area contributed by atoms with Crippen LogP contribution in [-0.2, 0) is 11.2 Å². The Morgan fingerprint density at radius 2 is 2.11 bits per heavy atom. The Kier molecular flexibility index (Phi) is 3.82. The minimum atomic E-state index is -0.304. The SMILES string of the molecule is COc1ccccc1CCN1CCC(=O)NC1=O. The van der Waals surface area contributed by atoms with Gasteiger partial charge >= 0.3 is 6.03 Å². The van der Waals surface area contributed by atoms with Gasteiger partial charge in [0.05, 0.1) is 7.11 Å². The summed E-state index contributed by atoms with van der Waals surface area (Å²) in [4.78, 5) is 24.2. The lowest BCUT2D eigenvalue weighted by atomic mass is 10.1. The van der Waals surface area contributed by atoms with E-state index in [0.29, 0.717) is 25.9 Å². The first-order valence-electron chi connectivity index (χ1n) is 5.91. The Morgan fingerprint density at radius 3 is 2.83 bits per heavy atom. The van der Waals surface area contributed by atoms with Crippen molar-refractivity contribution in [3.05, 3.63) is 29.8 Å². The third-order valence-electron chi connectivity index (χ3n) is 2.99. The van der Waals surface area contributed by atoms with Crippen LogP contribution in [0.1, 0.15) is 12.0 Å². The van der Waals surface area contributed by atoms with E-state index in [4.69, 9.17) is 4.74 Å². The average Bonchev–Trinajstić information content (AvgIpc) is 2.38. The average molecular weight is 248 g/mol. The number of hydrogen-bond acceptors (Lipinski definition) is 3. The number of methoxy groups -OCH3 is 1. The molecule has 18 heavy (non-hydrogen) atoms. The Bertz CT molecular complexity index is 459. The van der Waals surface area contributed by atoms with Crippen LogP contribution < -0.4 is 10.1 Å². The van der Waals surface area contributed by atoms with Gasteiger partial charge in [0, 0.05) is 19.5 Å². The van der Waals surface area contributed by atoms with E-state index in [1.165, 1.54) is 0 Å². The first-order chi connectivity index (χ1) is 8.70. The maximum atomic E-state index is 11.5. The van der Waals surface area contributed by atoms with E-state index in [2.05, 4.69) is 5.32 Å². The van der Waals surface area contributed by atoms with Gasteiger partial charge in [0.25, 0.3) is 0 Å². The maximum absolute atomic E-state index is 11.5. The zero-order chi connectivity index (χ0) is 13.0. The summed E-state index contributed by atoms with van der Waals surface area (Å²) in [6, 6.07) is 7.42. The molecule has 1 fully saturated rings. The van der Waals surface area contributed by atoms with Crippen LogP contribution in [0.3, 0.4) is 0 Å². The summed E-state index contributed by atoms with van der Waals surface area (Å²) in [6.07, 6.45) is 1.09. The van der Waals surface area contributed by atoms with Crippen LogP contribution in [-0.4, -0.2) is 37.0 Å². The van der Waals surface area contributed by atoms with Crippen LogP contribution in [0.2, 0.25) is 0 Å². The van der Waals surface area contributed by atoms with Crippen molar-refractivity contribution in [2.24, 2.45) is 0 Å². The molecule has 0 radical (unpaired) electrons. The normalized spacial score (nSPS) is 15.5. The molecule has 1 aliphatic heterocycles. The lowest BCUT2D eigenvalue weighted by molar-refractivity contribution is -0.121. The third kappa shape index (κ3) is 2.80. The molecule has 0 atom stereocenters. The monoisotopic (exact) mass is 248 g/mol. The van der Waals surface area contributed by atoms with Gasteiger partial charge in [-0.1, -0.05) is 18.2 Å². The highest BCUT2D eigenvalue weighted by Gasteiger charge is 2.22. The molecular formula is C13H16N2O3. The van der Waals surface area contributed by atoms with Gasteiger partial charge in [-0.25, -0.2) is 4.79 Å². The minimum Gasteiger partial charge on any atom is -0.496 e. The molecule has 1 heterocycles. The van der Waals surface area contributed by atoms with Crippen molar-refractivity contribution in [2.45, 2.75) is 12.8 Å². The summed E-state index contributed by atoms with van der Waals surface area (Å²) in [5, 5.41) is 2.31. The van der Waals surface area contributed by atoms with E-state index in [1.807, 2.05) is 24.3 Å². The summed E-state index contributed by atoms with van der Waals surface area (Å²) < 4.78 is 5.26. The van der Waals surface area contributed by atoms with Gasteiger partial charge < -0.3 is 9.64 Å². The van der Waals surface area contributed by atoms with Gasteiger partial charge in [-0.3, -0.25) is 10.1 Å². The first kappa shape index (κ1) is 12.4. The molecule has 0 bridgehead atoms. The second-order valence-corrected chi connectivity index (χ2v) is 4.15. The molecule has 0 aromatic heterocycles. The Labute approximate surface area is 106 Å². The minimum absolute atomic E-state index is 0.200. The summed E-state index contributed by atoms with van der Waals surface area (Å²) in [6.45, 7) is 1.07. The van der Waals surface area contributed by atoms with Crippen LogP contribution in [0.5, 0.6) is 5.75 Å². The molecule has 1 N–H and O–H groups in total. The molecule has 3 amide bonds. The second kappa shape index (κ2) is 5.53. The van der Waals surface area contributed by atoms with Gasteiger partial charge in [-0.05, 0) is 18.1 Å². The number of benzene rings is 1. The fourth-order valence-corrected chi connectivity index (χ4v) is 1.98. The molecule has 0 unspecified atom stereocenters. The molecule has 5 nitrogen and oxygen atoms in total. The molecule has 1 aliphatic rings. The molecular weight excluding hydrogens is 232 g/mol. The molecule has 1 aromatic rings. The van der Waals surface area contributed by atoms with Crippen LogP contribution in [0, 0.1) is 0 Å². The zero-order valence-electron chi connectivity index (χ0n) is 10.3. The number of nitrogens with one attached hydrogen (secondary N) is 1. The maximum Gasteiger partial charge on any atom is 0.324 e. The van der Waals surface area contributed by atoms with Gasteiger partial charge in [-0.2, -0.15) is 0 Å². The van der Waals surface area contributed by atoms with Crippen molar-refractivity contribution in [3.63, 3.8) is 0 Å². The number of hydrogen-bond donors (Lipinski definition) is 1. The highest BCUT2D eigenvalue weighted by atomic mass is 16.5. The molecule has 0 saturated carbocycles. The van der Waals surface area contributed by atoms with E-state index in [1.54, 1.807) is 12.0 Å². The number of ether oxygens (including phenoxy) is 1. The third-order valence-corrected chi connectivity index (χ3v) is 2.99. The number of imide groups is 1. The smallest absolute Gasteiger partial charge is 0.324 e. The van der Waals surface area contributed by atoms with Crippen molar-refractivity contribution in [1.29, 1.82) is 0 Å². The van der Waals surface area contributed by atoms with Gasteiger partial charge in [0.2, 0.25) is 5.91 Å². The van der Waals surface area contributed by atoms with Crippen molar-refractivity contribution in [1.82, 2.24) is 10.2 Å². The molecule has 1 aromatic carbocycles. The largest absolute Gasteiger partial charge is 0.496 e. The first-order valence-corrected chi connectivity index (χ1v) is 5.91. The predicted octanol–water partition coefficient (Wildman–Crippen LogP) is 1.18. The standard InChI is InChI=1S/C13H16N2O3/c1-18-11-5-3-2-4-10(11)6-8-15-9-7-12(16)14-13(15)17/h2-5H,6-9H2,1H3,(H,14,16,17). The van der Waals surface area contributed by atoms with Gasteiger partial charge in [0.15, 0.2) is 0 Å². The zero-order valence-corrected chi connectivity index (χ0v) is 10.3. The Balaban J connectivity index is 1.95. The number of nitrogens with zero attached hydrogens (tertiary/aromatic N) is 1. The van der Waals surface area contributed by atoms with E-state index < -0.39 is 0 Å². The fourth-order valence-electron chi connectivity index (χ4n) is 1.98. The molecule has 0 aliphatic carbocycles. The number of carbonyl (C=O) groups is 2. The number of amides is 3. The number of urea groups is 1. The lowest BCUT2D eigenvalue weighted by Crippen LogP contribution is -2.49. The number of para-hydroxylation sites is 1. The highest BCUT2D eigenvalue weighted by Crippen LogP contribution is 2.18. The fraction of sp³-hybridized carbons (Fsp3) is 0.385.